The van der Waals surface area contributed by atoms with E-state index in [0.717, 1.165) is 25.9 Å². The zero-order chi connectivity index (χ0) is 16.2. The minimum atomic E-state index is -0.789. The molecule has 0 aromatic carbocycles. The largest absolute Gasteiger partial charge is 0.393 e. The van der Waals surface area contributed by atoms with Gasteiger partial charge in [0.05, 0.1) is 24.2 Å². The van der Waals surface area contributed by atoms with Crippen LogP contribution in [0.2, 0.25) is 0 Å². The Labute approximate surface area is 139 Å². The molecule has 132 valence electrons. The molecule has 3 aliphatic rings. The molecule has 0 aromatic heterocycles. The number of rotatable bonds is 4. The van der Waals surface area contributed by atoms with Crippen molar-refractivity contribution >= 4 is 5.91 Å². The van der Waals surface area contributed by atoms with Gasteiger partial charge in [0, 0.05) is 32.5 Å². The van der Waals surface area contributed by atoms with Crippen LogP contribution in [0.25, 0.3) is 0 Å². The molecular formula is C18H31NO4. The Bertz CT molecular complexity index is 390. The van der Waals surface area contributed by atoms with E-state index < -0.39 is 18.1 Å². The summed E-state index contributed by atoms with van der Waals surface area (Å²) < 4.78 is 6.09. The molecule has 2 N–H and O–H groups in total. The molecule has 1 saturated heterocycles. The molecule has 1 aliphatic heterocycles. The highest BCUT2D eigenvalue weighted by atomic mass is 16.5. The van der Waals surface area contributed by atoms with Crippen molar-refractivity contribution in [1.82, 2.24) is 4.90 Å². The molecule has 0 spiro atoms. The first-order valence-corrected chi connectivity index (χ1v) is 9.41. The number of nitrogens with zero attached hydrogens (tertiary/aromatic N) is 1. The predicted octanol–water partition coefficient (Wildman–Crippen LogP) is 1.71. The van der Waals surface area contributed by atoms with Crippen molar-refractivity contribution in [3.05, 3.63) is 0 Å². The number of carbonyl (C=O) groups excluding carboxylic acids is 1. The maximum Gasteiger partial charge on any atom is 0.230 e. The van der Waals surface area contributed by atoms with Crippen molar-refractivity contribution in [2.45, 2.75) is 76.1 Å². The van der Waals surface area contributed by atoms with Crippen LogP contribution in [0.5, 0.6) is 0 Å². The molecule has 3 fully saturated rings. The van der Waals surface area contributed by atoms with Gasteiger partial charge in [-0.3, -0.25) is 4.79 Å². The Balaban J connectivity index is 1.61. The van der Waals surface area contributed by atoms with E-state index >= 15 is 0 Å². The van der Waals surface area contributed by atoms with Gasteiger partial charge in [-0.25, -0.2) is 0 Å². The number of amides is 1. The summed E-state index contributed by atoms with van der Waals surface area (Å²) in [7, 11) is 0. The van der Waals surface area contributed by atoms with Crippen molar-refractivity contribution in [2.75, 3.05) is 19.7 Å². The van der Waals surface area contributed by atoms with E-state index in [2.05, 4.69) is 0 Å². The average molecular weight is 325 g/mol. The molecule has 5 heteroatoms. The molecule has 0 aromatic rings. The highest BCUT2D eigenvalue weighted by molar-refractivity contribution is 5.80. The van der Waals surface area contributed by atoms with Crippen LogP contribution in [0.4, 0.5) is 0 Å². The molecule has 4 unspecified atom stereocenters. The van der Waals surface area contributed by atoms with E-state index in [-0.39, 0.29) is 18.4 Å². The van der Waals surface area contributed by atoms with Crippen LogP contribution in [-0.2, 0) is 9.53 Å². The lowest BCUT2D eigenvalue weighted by atomic mass is 9.81. The highest BCUT2D eigenvalue weighted by Crippen LogP contribution is 2.32. The Hall–Kier alpha value is -0.650. The van der Waals surface area contributed by atoms with E-state index in [1.54, 1.807) is 0 Å². The van der Waals surface area contributed by atoms with Gasteiger partial charge in [0.15, 0.2) is 0 Å². The van der Waals surface area contributed by atoms with Gasteiger partial charge in [0.25, 0.3) is 0 Å². The lowest BCUT2D eigenvalue weighted by Crippen LogP contribution is -2.52. The summed E-state index contributed by atoms with van der Waals surface area (Å²) in [5.41, 5.74) is 0. The van der Waals surface area contributed by atoms with Gasteiger partial charge in [-0.1, -0.05) is 19.3 Å². The summed E-state index contributed by atoms with van der Waals surface area (Å²) in [6, 6.07) is 0. The molecule has 0 bridgehead atoms. The fraction of sp³-hybridized carbons (Fsp3) is 0.944. The third kappa shape index (κ3) is 4.25. The maximum absolute atomic E-state index is 12.8. The van der Waals surface area contributed by atoms with Crippen molar-refractivity contribution in [2.24, 2.45) is 11.8 Å². The fourth-order valence-electron chi connectivity index (χ4n) is 4.44. The molecule has 3 rings (SSSR count). The van der Waals surface area contributed by atoms with Crippen molar-refractivity contribution in [3.63, 3.8) is 0 Å². The van der Waals surface area contributed by atoms with E-state index in [1.807, 2.05) is 4.90 Å². The van der Waals surface area contributed by atoms with Gasteiger partial charge in [0.2, 0.25) is 5.91 Å². The van der Waals surface area contributed by atoms with Crippen LogP contribution in [0.3, 0.4) is 0 Å². The fourth-order valence-corrected chi connectivity index (χ4v) is 4.44. The third-order valence-corrected chi connectivity index (χ3v) is 5.81. The number of carbonyl (C=O) groups is 1. The molecule has 23 heavy (non-hydrogen) atoms. The summed E-state index contributed by atoms with van der Waals surface area (Å²) in [5.74, 6) is 0.0955. The van der Waals surface area contributed by atoms with E-state index in [0.29, 0.717) is 18.9 Å². The minimum Gasteiger partial charge on any atom is -0.393 e. The van der Waals surface area contributed by atoms with Gasteiger partial charge in [-0.05, 0) is 31.6 Å². The van der Waals surface area contributed by atoms with Crippen LogP contribution in [0.1, 0.15) is 57.8 Å². The first kappa shape index (κ1) is 17.2. The van der Waals surface area contributed by atoms with Gasteiger partial charge in [0.1, 0.15) is 0 Å². The second-order valence-corrected chi connectivity index (χ2v) is 7.63. The zero-order valence-electron chi connectivity index (χ0n) is 14.0. The molecular weight excluding hydrogens is 294 g/mol. The standard InChI is InChI=1S/C18H31NO4/c20-14-10-15(21)17(18(22)19-8-4-5-9-19)16(11-14)23-12-13-6-2-1-3-7-13/h13-17,20-21H,1-12H2. The van der Waals surface area contributed by atoms with Crippen LogP contribution < -0.4 is 0 Å². The molecule has 0 radical (unpaired) electrons. The molecule has 5 nitrogen and oxygen atoms in total. The summed E-state index contributed by atoms with van der Waals surface area (Å²) in [5, 5.41) is 20.4. The van der Waals surface area contributed by atoms with Crippen LogP contribution in [-0.4, -0.2) is 59.0 Å². The number of likely N-dealkylation sites (tertiary alicyclic amines) is 1. The third-order valence-electron chi connectivity index (χ3n) is 5.81. The van der Waals surface area contributed by atoms with E-state index in [9.17, 15) is 15.0 Å². The lowest BCUT2D eigenvalue weighted by molar-refractivity contribution is -0.158. The molecule has 2 saturated carbocycles. The Morgan fingerprint density at radius 1 is 1.00 bits per heavy atom. The first-order chi connectivity index (χ1) is 11.1. The van der Waals surface area contributed by atoms with Crippen LogP contribution >= 0.6 is 0 Å². The van der Waals surface area contributed by atoms with Crippen molar-refractivity contribution in [3.8, 4) is 0 Å². The topological polar surface area (TPSA) is 70.0 Å². The summed E-state index contributed by atoms with van der Waals surface area (Å²) >= 11 is 0. The zero-order valence-corrected chi connectivity index (χ0v) is 14.0. The molecule has 4 atom stereocenters. The number of aliphatic hydroxyl groups is 2. The molecule has 2 aliphatic carbocycles. The number of hydrogen-bond acceptors (Lipinski definition) is 4. The monoisotopic (exact) mass is 325 g/mol. The van der Waals surface area contributed by atoms with Crippen molar-refractivity contribution < 1.29 is 19.7 Å². The molecule has 1 amide bonds. The summed E-state index contributed by atoms with van der Waals surface area (Å²) in [6.45, 7) is 2.24. The minimum absolute atomic E-state index is 0.0237. The van der Waals surface area contributed by atoms with E-state index in [1.165, 1.54) is 32.1 Å². The normalized spacial score (nSPS) is 36.3. The SMILES string of the molecule is O=C(C1C(O)CC(O)CC1OCC1CCCCC1)N1CCCC1. The van der Waals surface area contributed by atoms with Gasteiger partial charge in [-0.2, -0.15) is 0 Å². The highest BCUT2D eigenvalue weighted by Gasteiger charge is 2.43. The Morgan fingerprint density at radius 2 is 1.70 bits per heavy atom. The number of ether oxygens (including phenoxy) is 1. The average Bonchev–Trinajstić information content (AvgIpc) is 3.07. The Kier molecular flexibility index (Phi) is 5.94. The number of aliphatic hydroxyl groups excluding tert-OH is 2. The molecule has 1 heterocycles. The first-order valence-electron chi connectivity index (χ1n) is 9.41. The van der Waals surface area contributed by atoms with Crippen molar-refractivity contribution in [1.29, 1.82) is 0 Å². The number of hydrogen-bond donors (Lipinski definition) is 2. The lowest BCUT2D eigenvalue weighted by Gasteiger charge is -2.39. The smallest absolute Gasteiger partial charge is 0.230 e. The van der Waals surface area contributed by atoms with Gasteiger partial charge < -0.3 is 19.8 Å². The second kappa shape index (κ2) is 7.95. The second-order valence-electron chi connectivity index (χ2n) is 7.63. The Morgan fingerprint density at radius 3 is 2.39 bits per heavy atom. The van der Waals surface area contributed by atoms with Crippen LogP contribution in [0, 0.1) is 11.8 Å². The van der Waals surface area contributed by atoms with Crippen LogP contribution in [0.15, 0.2) is 0 Å². The quantitative estimate of drug-likeness (QED) is 0.825. The maximum atomic E-state index is 12.8. The summed E-state index contributed by atoms with van der Waals surface area (Å²) in [4.78, 5) is 14.6. The predicted molar refractivity (Wildman–Crippen MR) is 86.9 cm³/mol. The van der Waals surface area contributed by atoms with Gasteiger partial charge >= 0.3 is 0 Å². The van der Waals surface area contributed by atoms with Gasteiger partial charge in [-0.15, -0.1) is 0 Å². The summed E-state index contributed by atoms with van der Waals surface area (Å²) in [6.07, 6.45) is 7.38. The van der Waals surface area contributed by atoms with E-state index in [4.69, 9.17) is 4.74 Å².